The van der Waals surface area contributed by atoms with E-state index in [1.807, 2.05) is 24.3 Å². The Morgan fingerprint density at radius 3 is 2.37 bits per heavy atom. The zero-order valence-electron chi connectivity index (χ0n) is 9.82. The zero-order valence-corrected chi connectivity index (χ0v) is 12.9. The third kappa shape index (κ3) is 4.04. The molecular formula is C14H11Cl3OS. The second kappa shape index (κ2) is 6.87. The first-order chi connectivity index (χ1) is 9.08. The molecular weight excluding hydrogens is 323 g/mol. The van der Waals surface area contributed by atoms with Crippen molar-refractivity contribution in [3.05, 3.63) is 63.1 Å². The van der Waals surface area contributed by atoms with Gasteiger partial charge in [-0.2, -0.15) is 0 Å². The molecule has 0 aliphatic heterocycles. The van der Waals surface area contributed by atoms with Crippen LogP contribution in [-0.4, -0.2) is 10.9 Å². The van der Waals surface area contributed by atoms with Gasteiger partial charge in [-0.15, -0.1) is 11.8 Å². The summed E-state index contributed by atoms with van der Waals surface area (Å²) in [6, 6.07) is 12.7. The van der Waals surface area contributed by atoms with Gasteiger partial charge >= 0.3 is 0 Å². The maximum absolute atomic E-state index is 10.1. The Balaban J connectivity index is 2.03. The molecule has 2 rings (SSSR count). The molecule has 0 bridgehead atoms. The molecule has 0 aliphatic rings. The second-order valence-corrected chi connectivity index (χ2v) is 6.21. The average Bonchev–Trinajstić information content (AvgIpc) is 2.40. The molecule has 5 heteroatoms. The van der Waals surface area contributed by atoms with Gasteiger partial charge in [-0.05, 0) is 29.8 Å². The van der Waals surface area contributed by atoms with E-state index in [0.717, 1.165) is 10.5 Å². The van der Waals surface area contributed by atoms with E-state index in [9.17, 15) is 5.11 Å². The van der Waals surface area contributed by atoms with E-state index < -0.39 is 6.10 Å². The summed E-state index contributed by atoms with van der Waals surface area (Å²) >= 11 is 19.3. The summed E-state index contributed by atoms with van der Waals surface area (Å²) in [5, 5.41) is 11.7. The van der Waals surface area contributed by atoms with Crippen LogP contribution in [0.1, 0.15) is 11.7 Å². The van der Waals surface area contributed by atoms with Crippen LogP contribution in [0.4, 0.5) is 0 Å². The first-order valence-electron chi connectivity index (χ1n) is 5.58. The average molecular weight is 334 g/mol. The number of halogens is 3. The molecule has 19 heavy (non-hydrogen) atoms. The van der Waals surface area contributed by atoms with Crippen LogP contribution < -0.4 is 0 Å². The van der Waals surface area contributed by atoms with E-state index >= 15 is 0 Å². The largest absolute Gasteiger partial charge is 0.388 e. The lowest BCUT2D eigenvalue weighted by molar-refractivity contribution is 0.204. The molecule has 0 saturated heterocycles. The molecule has 0 spiro atoms. The highest BCUT2D eigenvalue weighted by molar-refractivity contribution is 7.99. The van der Waals surface area contributed by atoms with Crippen molar-refractivity contribution < 1.29 is 5.11 Å². The summed E-state index contributed by atoms with van der Waals surface area (Å²) < 4.78 is 0. The number of rotatable bonds is 4. The van der Waals surface area contributed by atoms with Gasteiger partial charge in [0.2, 0.25) is 0 Å². The third-order valence-electron chi connectivity index (χ3n) is 2.56. The van der Waals surface area contributed by atoms with Gasteiger partial charge in [0.25, 0.3) is 0 Å². The highest BCUT2D eigenvalue weighted by Crippen LogP contribution is 2.31. The van der Waals surface area contributed by atoms with Crippen LogP contribution in [0, 0.1) is 0 Å². The van der Waals surface area contributed by atoms with Gasteiger partial charge in [0.15, 0.2) is 0 Å². The van der Waals surface area contributed by atoms with Crippen molar-refractivity contribution in [2.45, 2.75) is 11.0 Å². The maximum atomic E-state index is 10.1. The van der Waals surface area contributed by atoms with Crippen LogP contribution in [0.3, 0.4) is 0 Å². The van der Waals surface area contributed by atoms with Crippen LogP contribution in [0.5, 0.6) is 0 Å². The fourth-order valence-electron chi connectivity index (χ4n) is 1.55. The number of benzene rings is 2. The molecule has 0 amide bonds. The zero-order chi connectivity index (χ0) is 13.8. The van der Waals surface area contributed by atoms with E-state index in [2.05, 4.69) is 0 Å². The smallest absolute Gasteiger partial charge is 0.0884 e. The van der Waals surface area contributed by atoms with Crippen LogP contribution in [0.15, 0.2) is 47.4 Å². The Hall–Kier alpha value is -0.380. The van der Waals surface area contributed by atoms with Gasteiger partial charge < -0.3 is 5.11 Å². The topological polar surface area (TPSA) is 20.2 Å². The monoisotopic (exact) mass is 332 g/mol. The molecule has 0 aliphatic carbocycles. The van der Waals surface area contributed by atoms with Crippen LogP contribution >= 0.6 is 46.6 Å². The SMILES string of the molecule is OC(CSc1ccccc1Cl)c1ccc(Cl)c(Cl)c1. The molecule has 2 aromatic carbocycles. The number of hydrogen-bond donors (Lipinski definition) is 1. The van der Waals surface area contributed by atoms with Crippen LogP contribution in [0.2, 0.25) is 15.1 Å². The Bertz CT molecular complexity index is 574. The van der Waals surface area contributed by atoms with Gasteiger partial charge in [0.1, 0.15) is 0 Å². The normalized spacial score (nSPS) is 12.4. The van der Waals surface area contributed by atoms with E-state index in [1.54, 1.807) is 18.2 Å². The Kier molecular flexibility index (Phi) is 5.43. The molecule has 1 nitrogen and oxygen atoms in total. The number of aliphatic hydroxyl groups is 1. The van der Waals surface area contributed by atoms with Gasteiger partial charge in [-0.1, -0.05) is 53.0 Å². The molecule has 0 heterocycles. The molecule has 1 atom stereocenters. The number of thioether (sulfide) groups is 1. The minimum atomic E-state index is -0.615. The minimum Gasteiger partial charge on any atom is -0.388 e. The van der Waals surface area contributed by atoms with Crippen molar-refractivity contribution in [2.75, 3.05) is 5.75 Å². The Morgan fingerprint density at radius 1 is 0.947 bits per heavy atom. The quantitative estimate of drug-likeness (QED) is 0.748. The van der Waals surface area contributed by atoms with Gasteiger partial charge in [0, 0.05) is 10.6 Å². The highest BCUT2D eigenvalue weighted by Gasteiger charge is 2.11. The summed E-state index contributed by atoms with van der Waals surface area (Å²) in [5.41, 5.74) is 0.744. The lowest BCUT2D eigenvalue weighted by Gasteiger charge is -2.12. The summed E-state index contributed by atoms with van der Waals surface area (Å²) in [7, 11) is 0. The standard InChI is InChI=1S/C14H11Cl3OS/c15-10-6-5-9(7-12(10)17)13(18)8-19-14-4-2-1-3-11(14)16/h1-7,13,18H,8H2. The van der Waals surface area contributed by atoms with Gasteiger partial charge in [0.05, 0.1) is 21.2 Å². The first kappa shape index (κ1) is 15.0. The van der Waals surface area contributed by atoms with E-state index in [1.165, 1.54) is 11.8 Å². The summed E-state index contributed by atoms with van der Waals surface area (Å²) in [6.07, 6.45) is -0.615. The van der Waals surface area contributed by atoms with Crippen molar-refractivity contribution in [1.29, 1.82) is 0 Å². The molecule has 0 radical (unpaired) electrons. The summed E-state index contributed by atoms with van der Waals surface area (Å²) in [6.45, 7) is 0. The Labute approximate surface area is 131 Å². The predicted molar refractivity (Wildman–Crippen MR) is 83.6 cm³/mol. The number of aliphatic hydroxyl groups excluding tert-OH is 1. The molecule has 1 unspecified atom stereocenters. The highest BCUT2D eigenvalue weighted by atomic mass is 35.5. The van der Waals surface area contributed by atoms with E-state index in [0.29, 0.717) is 20.8 Å². The summed E-state index contributed by atoms with van der Waals surface area (Å²) in [5.74, 6) is 0.502. The molecule has 0 aromatic heterocycles. The molecule has 2 aromatic rings. The lowest BCUT2D eigenvalue weighted by Crippen LogP contribution is -2.00. The lowest BCUT2D eigenvalue weighted by atomic mass is 10.1. The molecule has 0 fully saturated rings. The molecule has 1 N–H and O–H groups in total. The van der Waals surface area contributed by atoms with Crippen molar-refractivity contribution in [1.82, 2.24) is 0 Å². The molecule has 100 valence electrons. The number of hydrogen-bond acceptors (Lipinski definition) is 2. The third-order valence-corrected chi connectivity index (χ3v) is 4.89. The Morgan fingerprint density at radius 2 is 1.68 bits per heavy atom. The van der Waals surface area contributed by atoms with E-state index in [4.69, 9.17) is 34.8 Å². The predicted octanol–water partition coefficient (Wildman–Crippen LogP) is 5.47. The van der Waals surface area contributed by atoms with Gasteiger partial charge in [-0.25, -0.2) is 0 Å². The maximum Gasteiger partial charge on any atom is 0.0884 e. The van der Waals surface area contributed by atoms with E-state index in [-0.39, 0.29) is 0 Å². The first-order valence-corrected chi connectivity index (χ1v) is 7.70. The second-order valence-electron chi connectivity index (χ2n) is 3.93. The van der Waals surface area contributed by atoms with Crippen molar-refractivity contribution in [3.8, 4) is 0 Å². The van der Waals surface area contributed by atoms with Gasteiger partial charge in [-0.3, -0.25) is 0 Å². The minimum absolute atomic E-state index is 0.445. The molecule has 0 saturated carbocycles. The van der Waals surface area contributed by atoms with Crippen molar-refractivity contribution in [3.63, 3.8) is 0 Å². The fraction of sp³-hybridized carbons (Fsp3) is 0.143. The van der Waals surface area contributed by atoms with Crippen molar-refractivity contribution in [2.24, 2.45) is 0 Å². The van der Waals surface area contributed by atoms with Crippen LogP contribution in [-0.2, 0) is 0 Å². The fourth-order valence-corrected chi connectivity index (χ4v) is 3.06. The summed E-state index contributed by atoms with van der Waals surface area (Å²) in [4.78, 5) is 0.947. The van der Waals surface area contributed by atoms with Crippen molar-refractivity contribution >= 4 is 46.6 Å². The van der Waals surface area contributed by atoms with Crippen LogP contribution in [0.25, 0.3) is 0 Å².